The van der Waals surface area contributed by atoms with Gasteiger partial charge in [-0.05, 0) is 64.7 Å². The Balaban J connectivity index is 1.36. The van der Waals surface area contributed by atoms with E-state index in [1.807, 2.05) is 25.7 Å². The van der Waals surface area contributed by atoms with E-state index < -0.39 is 5.54 Å². The second-order valence-corrected chi connectivity index (χ2v) is 10.3. The molecule has 1 saturated heterocycles. The molecule has 2 fully saturated rings. The van der Waals surface area contributed by atoms with Crippen LogP contribution in [0.1, 0.15) is 96.8 Å². The van der Waals surface area contributed by atoms with Gasteiger partial charge in [0.15, 0.2) is 0 Å². The van der Waals surface area contributed by atoms with Crippen molar-refractivity contribution >= 4 is 23.6 Å². The number of fused-ring (bicyclic) bond motifs is 1. The summed E-state index contributed by atoms with van der Waals surface area (Å²) in [6.07, 6.45) is 6.98. The summed E-state index contributed by atoms with van der Waals surface area (Å²) in [6, 6.07) is 4.70. The van der Waals surface area contributed by atoms with E-state index in [-0.39, 0.29) is 41.2 Å². The summed E-state index contributed by atoms with van der Waals surface area (Å²) in [4.78, 5) is 54.2. The fourth-order valence-electron chi connectivity index (χ4n) is 5.11. The molecule has 0 radical (unpaired) electrons. The minimum Gasteiger partial charge on any atom is -0.349 e. The predicted octanol–water partition coefficient (Wildman–Crippen LogP) is 3.38. The van der Waals surface area contributed by atoms with Crippen LogP contribution in [0.5, 0.6) is 0 Å². The van der Waals surface area contributed by atoms with Crippen molar-refractivity contribution in [3.8, 4) is 0 Å². The number of nitrogens with one attached hydrogen (secondary N) is 1. The van der Waals surface area contributed by atoms with Crippen molar-refractivity contribution in [2.24, 2.45) is 5.92 Å². The minimum atomic E-state index is -0.626. The SMILES string of the molecule is CC(C)(C)N1C(=O)c2ccc(C(=O)NC3CCN(C(=O)C4CCCCC4)CC3)cc2C1=O. The monoisotopic (exact) mass is 439 g/mol. The fourth-order valence-corrected chi connectivity index (χ4v) is 5.11. The number of nitrogens with zero attached hydrogens (tertiary/aromatic N) is 2. The minimum absolute atomic E-state index is 0.00503. The summed E-state index contributed by atoms with van der Waals surface area (Å²) in [6.45, 7) is 6.77. The average molecular weight is 440 g/mol. The molecule has 7 heteroatoms. The lowest BCUT2D eigenvalue weighted by atomic mass is 9.87. The first-order valence-electron chi connectivity index (χ1n) is 11.8. The summed E-state index contributed by atoms with van der Waals surface area (Å²) in [5.41, 5.74) is 0.376. The maximum absolute atomic E-state index is 12.8. The van der Waals surface area contributed by atoms with Crippen molar-refractivity contribution in [2.75, 3.05) is 13.1 Å². The summed E-state index contributed by atoms with van der Waals surface area (Å²) >= 11 is 0. The Bertz CT molecular complexity index is 935. The van der Waals surface area contributed by atoms with E-state index in [4.69, 9.17) is 0 Å². The molecule has 1 N–H and O–H groups in total. The third kappa shape index (κ3) is 4.30. The molecule has 4 amide bonds. The van der Waals surface area contributed by atoms with Crippen molar-refractivity contribution in [1.29, 1.82) is 0 Å². The number of amides is 4. The van der Waals surface area contributed by atoms with Gasteiger partial charge in [-0.3, -0.25) is 24.1 Å². The summed E-state index contributed by atoms with van der Waals surface area (Å²) in [7, 11) is 0. The number of likely N-dealkylation sites (tertiary alicyclic amines) is 1. The van der Waals surface area contributed by atoms with Crippen LogP contribution in [0.25, 0.3) is 0 Å². The van der Waals surface area contributed by atoms with Crippen LogP contribution in [0.15, 0.2) is 18.2 Å². The number of carbonyl (C=O) groups excluding carboxylic acids is 4. The molecule has 2 aliphatic heterocycles. The number of hydrogen-bond acceptors (Lipinski definition) is 4. The third-order valence-corrected chi connectivity index (χ3v) is 6.92. The Morgan fingerprint density at radius 3 is 2.16 bits per heavy atom. The van der Waals surface area contributed by atoms with E-state index in [0.717, 1.165) is 38.5 Å². The standard InChI is InChI=1S/C25H33N3O4/c1-25(2,3)28-23(31)19-10-9-17(15-20(19)24(28)32)21(29)26-18-11-13-27(14-12-18)22(30)16-7-5-4-6-8-16/h9-10,15-16,18H,4-8,11-14H2,1-3H3,(H,26,29). The number of carbonyl (C=O) groups is 4. The number of benzene rings is 1. The van der Waals surface area contributed by atoms with Crippen LogP contribution in [0, 0.1) is 5.92 Å². The fraction of sp³-hybridized carbons (Fsp3) is 0.600. The van der Waals surface area contributed by atoms with Gasteiger partial charge < -0.3 is 10.2 Å². The second-order valence-electron chi connectivity index (χ2n) is 10.3. The van der Waals surface area contributed by atoms with Crippen molar-refractivity contribution in [1.82, 2.24) is 15.1 Å². The van der Waals surface area contributed by atoms with Crippen molar-refractivity contribution in [3.63, 3.8) is 0 Å². The molecule has 0 aromatic heterocycles. The van der Waals surface area contributed by atoms with Crippen molar-refractivity contribution in [3.05, 3.63) is 34.9 Å². The van der Waals surface area contributed by atoms with Crippen LogP contribution in [0.3, 0.4) is 0 Å². The van der Waals surface area contributed by atoms with E-state index >= 15 is 0 Å². The highest BCUT2D eigenvalue weighted by Crippen LogP contribution is 2.30. The molecule has 3 aliphatic rings. The Morgan fingerprint density at radius 1 is 0.906 bits per heavy atom. The molecular weight excluding hydrogens is 406 g/mol. The lowest BCUT2D eigenvalue weighted by Crippen LogP contribution is -2.48. The van der Waals surface area contributed by atoms with E-state index in [1.54, 1.807) is 12.1 Å². The van der Waals surface area contributed by atoms with Gasteiger partial charge in [0.25, 0.3) is 17.7 Å². The Morgan fingerprint density at radius 2 is 1.53 bits per heavy atom. The van der Waals surface area contributed by atoms with E-state index in [9.17, 15) is 19.2 Å². The normalized spacial score (nSPS) is 20.5. The highest BCUT2D eigenvalue weighted by Gasteiger charge is 2.42. The number of rotatable bonds is 3. The molecule has 1 aliphatic carbocycles. The zero-order chi connectivity index (χ0) is 23.0. The molecule has 172 valence electrons. The summed E-state index contributed by atoms with van der Waals surface area (Å²) in [5, 5.41) is 3.05. The Labute approximate surface area is 189 Å². The van der Waals surface area contributed by atoms with Gasteiger partial charge in [-0.15, -0.1) is 0 Å². The number of imide groups is 1. The van der Waals surface area contributed by atoms with Crippen molar-refractivity contribution in [2.45, 2.75) is 77.3 Å². The molecule has 1 saturated carbocycles. The first-order chi connectivity index (χ1) is 15.2. The first kappa shape index (κ1) is 22.5. The van der Waals surface area contributed by atoms with E-state index in [1.165, 1.54) is 17.4 Å². The summed E-state index contributed by atoms with van der Waals surface area (Å²) in [5.74, 6) is -0.477. The maximum atomic E-state index is 12.8. The zero-order valence-electron chi connectivity index (χ0n) is 19.3. The first-order valence-corrected chi connectivity index (χ1v) is 11.8. The molecular formula is C25H33N3O4. The van der Waals surface area contributed by atoms with Crippen LogP contribution >= 0.6 is 0 Å². The van der Waals surface area contributed by atoms with Crippen LogP contribution in [0.4, 0.5) is 0 Å². The van der Waals surface area contributed by atoms with Crippen molar-refractivity contribution < 1.29 is 19.2 Å². The largest absolute Gasteiger partial charge is 0.349 e. The van der Waals surface area contributed by atoms with Crippen LogP contribution in [-0.4, -0.2) is 58.1 Å². The highest BCUT2D eigenvalue weighted by molar-refractivity contribution is 6.22. The van der Waals surface area contributed by atoms with Gasteiger partial charge in [0.2, 0.25) is 5.91 Å². The third-order valence-electron chi connectivity index (χ3n) is 6.92. The average Bonchev–Trinajstić information content (AvgIpc) is 3.04. The quantitative estimate of drug-likeness (QED) is 0.732. The number of hydrogen-bond donors (Lipinski definition) is 1. The topological polar surface area (TPSA) is 86.8 Å². The van der Waals surface area contributed by atoms with Gasteiger partial charge in [0.05, 0.1) is 11.1 Å². The molecule has 0 bridgehead atoms. The maximum Gasteiger partial charge on any atom is 0.262 e. The second kappa shape index (κ2) is 8.68. The molecule has 2 heterocycles. The molecule has 0 spiro atoms. The molecule has 32 heavy (non-hydrogen) atoms. The van der Waals surface area contributed by atoms with E-state index in [2.05, 4.69) is 5.32 Å². The molecule has 0 unspecified atom stereocenters. The zero-order valence-corrected chi connectivity index (χ0v) is 19.3. The van der Waals surface area contributed by atoms with Crippen LogP contribution in [0.2, 0.25) is 0 Å². The Hall–Kier alpha value is -2.70. The van der Waals surface area contributed by atoms with Crippen LogP contribution < -0.4 is 5.32 Å². The van der Waals surface area contributed by atoms with Gasteiger partial charge in [-0.25, -0.2) is 0 Å². The van der Waals surface area contributed by atoms with Gasteiger partial charge in [-0.2, -0.15) is 0 Å². The highest BCUT2D eigenvalue weighted by atomic mass is 16.2. The molecule has 4 rings (SSSR count). The summed E-state index contributed by atoms with van der Waals surface area (Å²) < 4.78 is 0. The van der Waals surface area contributed by atoms with E-state index in [0.29, 0.717) is 24.2 Å². The van der Waals surface area contributed by atoms with Gasteiger partial charge in [0, 0.05) is 36.2 Å². The van der Waals surface area contributed by atoms with Crippen LogP contribution in [-0.2, 0) is 4.79 Å². The smallest absolute Gasteiger partial charge is 0.262 e. The molecule has 1 aromatic rings. The van der Waals surface area contributed by atoms with Gasteiger partial charge >= 0.3 is 0 Å². The van der Waals surface area contributed by atoms with Gasteiger partial charge in [0.1, 0.15) is 0 Å². The predicted molar refractivity (Wildman–Crippen MR) is 120 cm³/mol. The molecule has 7 nitrogen and oxygen atoms in total. The molecule has 1 aromatic carbocycles. The molecule has 0 atom stereocenters. The Kier molecular flexibility index (Phi) is 6.10. The lowest BCUT2D eigenvalue weighted by Gasteiger charge is -2.35. The number of piperidine rings is 1. The lowest BCUT2D eigenvalue weighted by molar-refractivity contribution is -0.137. The van der Waals surface area contributed by atoms with Gasteiger partial charge in [-0.1, -0.05) is 19.3 Å².